The molecular weight excluding hydrogens is 968 g/mol. The van der Waals surface area contributed by atoms with Crippen molar-refractivity contribution in [3.05, 3.63) is 46.5 Å². The van der Waals surface area contributed by atoms with E-state index in [2.05, 4.69) is 5.32 Å². The molecule has 6 aliphatic rings. The summed E-state index contributed by atoms with van der Waals surface area (Å²) in [5.74, 6) is -3.70. The third-order valence-electron chi connectivity index (χ3n) is 14.2. The fraction of sp³-hybridized carbons (Fsp3) is 0.633. The number of likely N-dealkylation sites (tertiary alicyclic amines) is 1. The maximum atomic E-state index is 14.2. The van der Waals surface area contributed by atoms with E-state index >= 15 is 0 Å². The summed E-state index contributed by atoms with van der Waals surface area (Å²) in [4.78, 5) is 111. The molecule has 2 N–H and O–H groups in total. The summed E-state index contributed by atoms with van der Waals surface area (Å²) in [6, 6.07) is 3.55. The Kier molecular flexibility index (Phi) is 17.2. The van der Waals surface area contributed by atoms with Crippen molar-refractivity contribution < 1.29 is 76.7 Å². The number of benzene rings is 1. The Hall–Kier alpha value is -5.06. The van der Waals surface area contributed by atoms with Crippen LogP contribution in [-0.2, 0) is 68.5 Å². The van der Waals surface area contributed by atoms with E-state index in [9.17, 15) is 43.5 Å². The number of carbonyl (C=O) groups is 8. The fourth-order valence-corrected chi connectivity index (χ4v) is 11.4. The van der Waals surface area contributed by atoms with Crippen molar-refractivity contribution in [2.75, 3.05) is 51.7 Å². The van der Waals surface area contributed by atoms with Crippen molar-refractivity contribution in [3.63, 3.8) is 0 Å². The molecule has 5 fully saturated rings. The Morgan fingerprint density at radius 3 is 2.41 bits per heavy atom. The zero-order chi connectivity index (χ0) is 51.4. The number of hydroxylamine groups is 2. The number of fused-ring (bicyclic) bond motifs is 5. The lowest BCUT2D eigenvalue weighted by Gasteiger charge is -2.42. The number of esters is 1. The number of nitrogens with one attached hydrogen (secondary N) is 1. The molecule has 20 nitrogen and oxygen atoms in total. The summed E-state index contributed by atoms with van der Waals surface area (Å²) in [6.07, 6.45) is 3.25. The van der Waals surface area contributed by atoms with Gasteiger partial charge in [0.2, 0.25) is 17.7 Å². The molecule has 0 radical (unpaired) electrons. The Morgan fingerprint density at radius 1 is 1.00 bits per heavy atom. The highest BCUT2D eigenvalue weighted by atomic mass is 35.5. The second-order valence-corrected chi connectivity index (χ2v) is 21.0. The number of imide groups is 2. The van der Waals surface area contributed by atoms with Crippen LogP contribution in [0.3, 0.4) is 0 Å². The Labute approximate surface area is 421 Å². The summed E-state index contributed by atoms with van der Waals surface area (Å²) in [6.45, 7) is 5.29. The molecule has 6 amide bonds. The summed E-state index contributed by atoms with van der Waals surface area (Å²) < 4.78 is 34.9. The van der Waals surface area contributed by atoms with E-state index in [0.717, 1.165) is 11.1 Å². The zero-order valence-electron chi connectivity index (χ0n) is 40.8. The van der Waals surface area contributed by atoms with Gasteiger partial charge in [-0.15, -0.1) is 16.8 Å². The third kappa shape index (κ3) is 12.4. The van der Waals surface area contributed by atoms with Gasteiger partial charge in [0.15, 0.2) is 5.72 Å². The highest BCUT2D eigenvalue weighted by Crippen LogP contribution is 2.49. The Bertz CT molecular complexity index is 2310. The predicted octanol–water partition coefficient (Wildman–Crippen LogP) is 4.35. The van der Waals surface area contributed by atoms with E-state index in [4.69, 9.17) is 44.9 Å². The average Bonchev–Trinajstić information content (AvgIpc) is 3.84. The van der Waals surface area contributed by atoms with Gasteiger partial charge in [0.05, 0.1) is 36.5 Å². The number of hydrogen-bond acceptors (Lipinski definition) is 17. The third-order valence-corrected chi connectivity index (χ3v) is 15.9. The van der Waals surface area contributed by atoms with Gasteiger partial charge in [-0.1, -0.05) is 42.3 Å². The van der Waals surface area contributed by atoms with E-state index < -0.39 is 95.2 Å². The summed E-state index contributed by atoms with van der Waals surface area (Å²) in [5, 5.41) is 14.5. The molecule has 5 aliphatic heterocycles. The maximum Gasteiger partial charge on any atom is 0.409 e. The van der Waals surface area contributed by atoms with Gasteiger partial charge >= 0.3 is 18.0 Å². The number of ether oxygens (including phenoxy) is 6. The first kappa shape index (κ1) is 53.7. The number of hydrogen-bond donors (Lipinski definition) is 2. The topological polar surface area (TPSA) is 246 Å². The van der Waals surface area contributed by atoms with Crippen LogP contribution in [0.15, 0.2) is 35.9 Å². The number of halogens is 1. The minimum absolute atomic E-state index is 0.00120. The van der Waals surface area contributed by atoms with Crippen molar-refractivity contribution in [2.24, 2.45) is 17.8 Å². The quantitative estimate of drug-likeness (QED) is 0.114. The molecule has 388 valence electrons. The number of rotatable bonds is 14. The van der Waals surface area contributed by atoms with Gasteiger partial charge in [-0.3, -0.25) is 34.2 Å². The smallest absolute Gasteiger partial charge is 0.409 e. The molecule has 1 aliphatic carbocycles. The highest BCUT2D eigenvalue weighted by molar-refractivity contribution is 8.00. The van der Waals surface area contributed by atoms with Crippen LogP contribution in [0.5, 0.6) is 5.75 Å². The van der Waals surface area contributed by atoms with Crippen LogP contribution >= 0.6 is 23.4 Å². The highest BCUT2D eigenvalue weighted by Gasteiger charge is 2.64. The number of aliphatic hydroxyl groups is 1. The van der Waals surface area contributed by atoms with Crippen LogP contribution in [0.1, 0.15) is 90.5 Å². The molecule has 1 saturated carbocycles. The summed E-state index contributed by atoms with van der Waals surface area (Å²) >= 11 is 8.12. The van der Waals surface area contributed by atoms with Crippen LogP contribution < -0.4 is 15.0 Å². The standard InChI is InChI=1S/C49H63ClN4O16S/c1-27-9-7-10-36(65-6)49(63)24-34(67-47(62)51-49)28(2)44-48(3,69-44)37(23-40(57)52(4)32-20-30(19-27)21-33(64-5)43(32)50)68-42(59)26-66-17-8-18-71-35-22-41(58)53(45(35)60)25-29-11-13-31(14-12-29)46(61)70-54-38(55)15-16-39(54)56/h7,9-10,20-21,28-29,31,34-37,44,63H,8,11-19,22-26H2,1-6H3,(H,51,62)/b10-7+,27-9+/t28-,29-,31-,34+,35?,36-,37+,44+,48+,49+/m1/s1. The van der Waals surface area contributed by atoms with Gasteiger partial charge in [-0.2, -0.15) is 0 Å². The zero-order valence-corrected chi connectivity index (χ0v) is 42.4. The van der Waals surface area contributed by atoms with E-state index in [0.29, 0.717) is 60.8 Å². The van der Waals surface area contributed by atoms with Crippen LogP contribution in [-0.4, -0.2) is 150 Å². The number of methoxy groups -OCH3 is 2. The second kappa shape index (κ2) is 22.8. The molecule has 1 unspecified atom stereocenters. The Balaban J connectivity index is 0.935. The molecule has 8 atom stereocenters. The number of anilines is 1. The molecule has 1 aromatic carbocycles. The predicted molar refractivity (Wildman–Crippen MR) is 254 cm³/mol. The first-order chi connectivity index (χ1) is 33.7. The van der Waals surface area contributed by atoms with Crippen LogP contribution in [0.4, 0.5) is 10.5 Å². The normalized spacial score (nSPS) is 32.7. The molecule has 7 rings (SSSR count). The Morgan fingerprint density at radius 2 is 1.72 bits per heavy atom. The second-order valence-electron chi connectivity index (χ2n) is 19.3. The minimum atomic E-state index is -1.86. The number of epoxide rings is 1. The van der Waals surface area contributed by atoms with E-state index in [-0.39, 0.29) is 68.0 Å². The van der Waals surface area contributed by atoms with Gasteiger partial charge in [-0.05, 0) is 81.7 Å². The molecule has 0 aromatic heterocycles. The van der Waals surface area contributed by atoms with E-state index in [1.807, 2.05) is 13.0 Å². The molecule has 1 aromatic rings. The average molecular weight is 1030 g/mol. The molecular formula is C49H63ClN4O16S. The van der Waals surface area contributed by atoms with E-state index in [1.54, 1.807) is 45.2 Å². The molecule has 4 saturated heterocycles. The van der Waals surface area contributed by atoms with Gasteiger partial charge in [0.25, 0.3) is 11.8 Å². The molecule has 71 heavy (non-hydrogen) atoms. The van der Waals surface area contributed by atoms with E-state index in [1.165, 1.54) is 35.8 Å². The summed E-state index contributed by atoms with van der Waals surface area (Å²) in [5.41, 5.74) is -1.04. The lowest BCUT2D eigenvalue weighted by Crippen LogP contribution is -2.63. The van der Waals surface area contributed by atoms with Crippen molar-refractivity contribution in [1.82, 2.24) is 15.3 Å². The number of alkyl carbamates (subject to hydrolysis) is 1. The van der Waals surface area contributed by atoms with Gasteiger partial charge < -0.3 is 43.3 Å². The molecule has 5 heterocycles. The number of thioether (sulfide) groups is 1. The van der Waals surface area contributed by atoms with Gasteiger partial charge in [0, 0.05) is 58.9 Å². The fourth-order valence-electron chi connectivity index (χ4n) is 9.98. The van der Waals surface area contributed by atoms with Crippen molar-refractivity contribution in [1.29, 1.82) is 0 Å². The van der Waals surface area contributed by atoms with Crippen LogP contribution in [0.25, 0.3) is 0 Å². The summed E-state index contributed by atoms with van der Waals surface area (Å²) in [7, 11) is 4.45. The van der Waals surface area contributed by atoms with Crippen LogP contribution in [0, 0.1) is 17.8 Å². The minimum Gasteiger partial charge on any atom is -0.495 e. The largest absolute Gasteiger partial charge is 0.495 e. The molecule has 0 spiro atoms. The lowest BCUT2D eigenvalue weighted by molar-refractivity contribution is -0.201. The number of carbonyl (C=O) groups excluding carboxylic acids is 8. The first-order valence-electron chi connectivity index (χ1n) is 23.9. The SMILES string of the molecule is COc1cc2cc(c1Cl)N(C)C(=O)C[C@H](OC(=O)COCCCSC1CC(=O)N(C[C@H]3CC[C@H](C(=O)ON4C(=O)CCC4=O)CC3)C1=O)[C@]1(C)O[C@H]1[C@H](C)[C@@H]1C[C@@](O)(NC(=O)O1)[C@H](OC)/C=C/C=C(\C)C2. The van der Waals surface area contributed by atoms with Gasteiger partial charge in [-0.25, -0.2) is 14.4 Å². The maximum absolute atomic E-state index is 14.2. The van der Waals surface area contributed by atoms with Crippen LogP contribution in [0.2, 0.25) is 5.02 Å². The van der Waals surface area contributed by atoms with Crippen molar-refractivity contribution in [2.45, 2.75) is 132 Å². The monoisotopic (exact) mass is 1030 g/mol. The number of allylic oxidation sites excluding steroid dienone is 3. The van der Waals surface area contributed by atoms with Crippen molar-refractivity contribution in [3.8, 4) is 5.75 Å². The number of amides is 6. The van der Waals surface area contributed by atoms with Gasteiger partial charge in [0.1, 0.15) is 41.3 Å². The number of nitrogens with zero attached hydrogens (tertiary/aromatic N) is 3. The molecule has 22 heteroatoms. The lowest BCUT2D eigenvalue weighted by atomic mass is 9.82. The molecule has 4 bridgehead atoms. The first-order valence-corrected chi connectivity index (χ1v) is 25.4. The van der Waals surface area contributed by atoms with Crippen molar-refractivity contribution >= 4 is 76.6 Å².